The number of unbranched alkanes of at least 4 members (excludes halogenated alkanes) is 6. The quantitative estimate of drug-likeness (QED) is 0.0715. The molecule has 2 aliphatic rings. The molecule has 62 heavy (non-hydrogen) atoms. The average Bonchev–Trinajstić information content (AvgIpc) is 4.15. The number of hydrogen-bond donors (Lipinski definition) is 2. The van der Waals surface area contributed by atoms with E-state index >= 15 is 0 Å². The highest BCUT2D eigenvalue weighted by molar-refractivity contribution is 5.96. The van der Waals surface area contributed by atoms with Crippen LogP contribution in [-0.4, -0.2) is 75.8 Å². The minimum Gasteiger partial charge on any atom is -0.493 e. The summed E-state index contributed by atoms with van der Waals surface area (Å²) < 4.78 is 48.2. The second kappa shape index (κ2) is 20.3. The summed E-state index contributed by atoms with van der Waals surface area (Å²) in [5.74, 6) is 4.37. The molecule has 7 rings (SSSR count). The Labute approximate surface area is 363 Å². The number of rotatable bonds is 20. The molecule has 0 aliphatic carbocycles. The molecule has 0 saturated heterocycles. The third-order valence-electron chi connectivity index (χ3n) is 11.1. The number of nitrogens with one attached hydrogen (secondary N) is 2. The Morgan fingerprint density at radius 2 is 0.758 bits per heavy atom. The van der Waals surface area contributed by atoms with Crippen LogP contribution in [0.15, 0.2) is 48.5 Å². The molecule has 12 nitrogen and oxygen atoms in total. The molecule has 3 aromatic heterocycles. The van der Waals surface area contributed by atoms with Gasteiger partial charge in [-0.05, 0) is 96.8 Å². The Bertz CT molecular complexity index is 2380. The summed E-state index contributed by atoms with van der Waals surface area (Å²) >= 11 is 0. The van der Waals surface area contributed by atoms with Gasteiger partial charge >= 0.3 is 0 Å². The zero-order valence-corrected chi connectivity index (χ0v) is 37.2. The van der Waals surface area contributed by atoms with Crippen LogP contribution >= 0.6 is 0 Å². The molecule has 2 N–H and O–H groups in total. The fourth-order valence-electron chi connectivity index (χ4n) is 7.92. The van der Waals surface area contributed by atoms with Crippen molar-refractivity contribution in [3.05, 3.63) is 71.3 Å². The molecule has 2 aliphatic heterocycles. The first-order chi connectivity index (χ1) is 30.4. The van der Waals surface area contributed by atoms with E-state index in [0.717, 1.165) is 95.7 Å². The normalized spacial score (nSPS) is 11.7. The van der Waals surface area contributed by atoms with E-state index in [1.165, 1.54) is 0 Å². The summed E-state index contributed by atoms with van der Waals surface area (Å²) in [6.07, 6.45) is 16.5. The number of fused-ring (bicyclic) bond motifs is 8. The Morgan fingerprint density at radius 1 is 0.403 bits per heavy atom. The summed E-state index contributed by atoms with van der Waals surface area (Å²) in [7, 11) is 9.66. The molecule has 326 valence electrons. The predicted molar refractivity (Wildman–Crippen MR) is 248 cm³/mol. The highest BCUT2D eigenvalue weighted by atomic mass is 16.5. The van der Waals surface area contributed by atoms with Crippen molar-refractivity contribution in [1.82, 2.24) is 19.9 Å². The predicted octanol–water partition coefficient (Wildman–Crippen LogP) is 12.0. The largest absolute Gasteiger partial charge is 0.493 e. The van der Waals surface area contributed by atoms with Crippen molar-refractivity contribution >= 4 is 46.4 Å². The molecule has 8 bridgehead atoms. The van der Waals surface area contributed by atoms with E-state index < -0.39 is 0 Å². The van der Waals surface area contributed by atoms with Gasteiger partial charge < -0.3 is 47.9 Å². The van der Waals surface area contributed by atoms with E-state index in [-0.39, 0.29) is 0 Å². The van der Waals surface area contributed by atoms with Gasteiger partial charge in [-0.1, -0.05) is 52.4 Å². The fraction of sp³-hybridized carbons (Fsp3) is 0.360. The van der Waals surface area contributed by atoms with Gasteiger partial charge in [0, 0.05) is 22.2 Å². The Balaban J connectivity index is 1.58. The van der Waals surface area contributed by atoms with Crippen molar-refractivity contribution in [2.45, 2.75) is 65.2 Å². The maximum atomic E-state index is 6.70. The van der Waals surface area contributed by atoms with E-state index in [2.05, 4.69) is 23.8 Å². The maximum absolute atomic E-state index is 6.70. The van der Waals surface area contributed by atoms with Gasteiger partial charge in [-0.3, -0.25) is 0 Å². The number of H-pyrrole nitrogens is 2. The molecule has 0 saturated carbocycles. The molecule has 0 radical (unpaired) electrons. The molecule has 5 aromatic rings. The summed E-state index contributed by atoms with van der Waals surface area (Å²) in [5.41, 5.74) is 9.19. The van der Waals surface area contributed by atoms with Crippen molar-refractivity contribution in [1.29, 1.82) is 0 Å². The van der Waals surface area contributed by atoms with Gasteiger partial charge in [0.25, 0.3) is 0 Å². The van der Waals surface area contributed by atoms with Crippen molar-refractivity contribution in [3.8, 4) is 68.2 Å². The van der Waals surface area contributed by atoms with E-state index in [1.807, 2.05) is 72.8 Å². The molecule has 0 spiro atoms. The lowest BCUT2D eigenvalue weighted by molar-refractivity contribution is 0.306. The van der Waals surface area contributed by atoms with Crippen LogP contribution < -0.4 is 37.9 Å². The first-order valence-corrected chi connectivity index (χ1v) is 21.4. The lowest BCUT2D eigenvalue weighted by atomic mass is 10.0. The fourth-order valence-corrected chi connectivity index (χ4v) is 7.92. The standard InChI is InChI=1S/C50H58N4O8/c1-9-11-13-15-25-61-47-37-21-17-33(51-37)45(31-27-41(55-3)49(59-7)42(28-31)56-4)35-19-23-39(53-35)48(62-26-16-14-12-10-2)40-24-20-36(54-40)46(34-18-22-38(47)52-34)32-29-43(57-5)50(60-8)44(30-32)58-6/h17-24,27-30,51,54H,9-16,25-26H2,1-8H3. The molecule has 12 heteroatoms. The van der Waals surface area contributed by atoms with Gasteiger partial charge in [-0.15, -0.1) is 0 Å². The third-order valence-corrected chi connectivity index (χ3v) is 11.1. The summed E-state index contributed by atoms with van der Waals surface area (Å²) in [5, 5.41) is 0. The van der Waals surface area contributed by atoms with Gasteiger partial charge in [0.15, 0.2) is 34.5 Å². The smallest absolute Gasteiger partial charge is 0.203 e. The van der Waals surface area contributed by atoms with E-state index in [1.54, 1.807) is 42.7 Å². The zero-order chi connectivity index (χ0) is 43.6. The monoisotopic (exact) mass is 842 g/mol. The van der Waals surface area contributed by atoms with Crippen LogP contribution in [0.1, 0.15) is 88.0 Å². The average molecular weight is 843 g/mol. The maximum Gasteiger partial charge on any atom is 0.203 e. The van der Waals surface area contributed by atoms with Crippen LogP contribution in [0.25, 0.3) is 68.6 Å². The first kappa shape index (κ1) is 43.5. The van der Waals surface area contributed by atoms with E-state index in [9.17, 15) is 0 Å². The Morgan fingerprint density at radius 3 is 1.10 bits per heavy atom. The van der Waals surface area contributed by atoms with Gasteiger partial charge in [0.2, 0.25) is 11.5 Å². The molecular formula is C50H58N4O8. The first-order valence-electron chi connectivity index (χ1n) is 21.4. The molecule has 0 unspecified atom stereocenters. The highest BCUT2D eigenvalue weighted by Gasteiger charge is 2.23. The van der Waals surface area contributed by atoms with E-state index in [4.69, 9.17) is 47.9 Å². The van der Waals surface area contributed by atoms with Crippen molar-refractivity contribution in [2.75, 3.05) is 55.9 Å². The summed E-state index contributed by atoms with van der Waals surface area (Å²) in [6.45, 7) is 5.47. The lowest BCUT2D eigenvalue weighted by Crippen LogP contribution is -2.00. The minimum atomic E-state index is 0.499. The van der Waals surface area contributed by atoms with Gasteiger partial charge in [0.1, 0.15) is 11.4 Å². The van der Waals surface area contributed by atoms with Crippen molar-refractivity contribution in [2.24, 2.45) is 0 Å². The minimum absolute atomic E-state index is 0.499. The number of methoxy groups -OCH3 is 6. The van der Waals surface area contributed by atoms with Gasteiger partial charge in [-0.2, -0.15) is 0 Å². The Kier molecular flexibility index (Phi) is 14.3. The van der Waals surface area contributed by atoms with Gasteiger partial charge in [-0.25, -0.2) is 9.97 Å². The molecule has 0 atom stereocenters. The molecule has 0 fully saturated rings. The number of ether oxygens (including phenoxy) is 8. The second-order valence-electron chi connectivity index (χ2n) is 15.1. The SMILES string of the molecule is CCCCCCOc1c2nc(c(-c3cc(OC)c(OC)c(OC)c3)c3ccc([nH]3)c(OCCCCCC)c3nc(c(-c4cc(OC)c(OC)c(OC)c4)c4ccc1[nH]4)C=C3)C=C2. The van der Waals surface area contributed by atoms with E-state index in [0.29, 0.717) is 82.0 Å². The van der Waals surface area contributed by atoms with Gasteiger partial charge in [0.05, 0.1) is 78.3 Å². The topological polar surface area (TPSA) is 131 Å². The van der Waals surface area contributed by atoms with Crippen LogP contribution in [0.3, 0.4) is 0 Å². The Hall–Kier alpha value is -6.56. The van der Waals surface area contributed by atoms with Crippen LogP contribution in [0.5, 0.6) is 46.0 Å². The zero-order valence-electron chi connectivity index (χ0n) is 37.2. The molecule has 2 aromatic carbocycles. The molecule has 0 amide bonds. The van der Waals surface area contributed by atoms with Crippen LogP contribution in [0.2, 0.25) is 0 Å². The number of aromatic amines is 2. The summed E-state index contributed by atoms with van der Waals surface area (Å²) in [6, 6.07) is 15.9. The summed E-state index contributed by atoms with van der Waals surface area (Å²) in [4.78, 5) is 18.0. The number of benzene rings is 2. The highest BCUT2D eigenvalue weighted by Crippen LogP contribution is 2.46. The number of hydrogen-bond acceptors (Lipinski definition) is 10. The second-order valence-corrected chi connectivity index (χ2v) is 15.1. The third kappa shape index (κ3) is 9.05. The number of aromatic nitrogens is 4. The van der Waals surface area contributed by atoms with Crippen LogP contribution in [-0.2, 0) is 0 Å². The lowest BCUT2D eigenvalue weighted by Gasteiger charge is -2.15. The number of nitrogens with zero attached hydrogens (tertiary/aromatic N) is 2. The van der Waals surface area contributed by atoms with Crippen LogP contribution in [0.4, 0.5) is 0 Å². The molecular weight excluding hydrogens is 785 g/mol. The molecule has 5 heterocycles. The van der Waals surface area contributed by atoms with Crippen molar-refractivity contribution in [3.63, 3.8) is 0 Å². The van der Waals surface area contributed by atoms with Crippen LogP contribution in [0, 0.1) is 0 Å². The van der Waals surface area contributed by atoms with Crippen molar-refractivity contribution < 1.29 is 37.9 Å².